The third kappa shape index (κ3) is 6.74. The molecule has 2 N–H and O–H groups in total. The molecule has 1 rings (SSSR count). The van der Waals surface area contributed by atoms with E-state index in [1.54, 1.807) is 0 Å². The minimum absolute atomic E-state index is 0.193. The van der Waals surface area contributed by atoms with Crippen molar-refractivity contribution in [2.24, 2.45) is 0 Å². The fourth-order valence-corrected chi connectivity index (χ4v) is 2.07. The first-order valence-electron chi connectivity index (χ1n) is 7.32. The molecule has 2 heteroatoms. The van der Waals surface area contributed by atoms with Gasteiger partial charge in [-0.15, -0.1) is 0 Å². The number of benzene rings is 1. The molecule has 0 fully saturated rings. The molecule has 0 aliphatic carbocycles. The highest BCUT2D eigenvalue weighted by molar-refractivity contribution is 5.23. The average Bonchev–Trinajstić information content (AvgIpc) is 2.33. The molecule has 0 amide bonds. The number of hydrogen-bond acceptors (Lipinski definition) is 2. The lowest BCUT2D eigenvalue weighted by molar-refractivity contribution is 0.410. The van der Waals surface area contributed by atoms with Crippen LogP contribution in [0.5, 0.6) is 0 Å². The molecule has 1 aromatic rings. The molecular weight excluding hydrogens is 232 g/mol. The van der Waals surface area contributed by atoms with Crippen LogP contribution in [0.25, 0.3) is 0 Å². The Labute approximate surface area is 119 Å². The number of rotatable bonds is 7. The third-order valence-electron chi connectivity index (χ3n) is 3.31. The first-order valence-corrected chi connectivity index (χ1v) is 7.32. The largest absolute Gasteiger partial charge is 0.316 e. The van der Waals surface area contributed by atoms with Crippen LogP contribution in [0.1, 0.15) is 46.6 Å². The van der Waals surface area contributed by atoms with E-state index < -0.39 is 0 Å². The first kappa shape index (κ1) is 16.2. The van der Waals surface area contributed by atoms with Crippen molar-refractivity contribution in [3.63, 3.8) is 0 Å². The van der Waals surface area contributed by atoms with Crippen LogP contribution in [0, 0.1) is 0 Å². The van der Waals surface area contributed by atoms with Crippen LogP contribution < -0.4 is 10.6 Å². The van der Waals surface area contributed by atoms with Crippen LogP contribution >= 0.6 is 0 Å². The second kappa shape index (κ2) is 7.06. The van der Waals surface area contributed by atoms with Gasteiger partial charge in [-0.25, -0.2) is 0 Å². The van der Waals surface area contributed by atoms with Crippen molar-refractivity contribution >= 4 is 0 Å². The van der Waals surface area contributed by atoms with Gasteiger partial charge < -0.3 is 10.6 Å². The van der Waals surface area contributed by atoms with Crippen molar-refractivity contribution in [1.82, 2.24) is 10.6 Å². The van der Waals surface area contributed by atoms with Gasteiger partial charge in [0.1, 0.15) is 0 Å². The summed E-state index contributed by atoms with van der Waals surface area (Å²) in [5.74, 6) is 0. The lowest BCUT2D eigenvalue weighted by atomic mass is 9.84. The maximum Gasteiger partial charge on any atom is 0.00965 e. The van der Waals surface area contributed by atoms with E-state index in [-0.39, 0.29) is 11.0 Å². The highest BCUT2D eigenvalue weighted by Crippen LogP contribution is 2.21. The fraction of sp³-hybridized carbons (Fsp3) is 0.647. The van der Waals surface area contributed by atoms with Crippen molar-refractivity contribution in [3.8, 4) is 0 Å². The zero-order valence-electron chi connectivity index (χ0n) is 13.2. The van der Waals surface area contributed by atoms with Gasteiger partial charge in [-0.05, 0) is 45.8 Å². The van der Waals surface area contributed by atoms with Crippen LogP contribution in [0.3, 0.4) is 0 Å². The zero-order valence-corrected chi connectivity index (χ0v) is 13.2. The van der Waals surface area contributed by atoms with Crippen molar-refractivity contribution in [2.45, 2.75) is 52.0 Å². The topological polar surface area (TPSA) is 24.1 Å². The van der Waals surface area contributed by atoms with E-state index in [1.807, 2.05) is 0 Å². The second-order valence-corrected chi connectivity index (χ2v) is 6.96. The maximum atomic E-state index is 3.57. The molecule has 0 aliphatic rings. The van der Waals surface area contributed by atoms with E-state index in [2.05, 4.69) is 75.6 Å². The highest BCUT2D eigenvalue weighted by Gasteiger charge is 2.19. The lowest BCUT2D eigenvalue weighted by Crippen LogP contribution is -2.38. The Kier molecular flexibility index (Phi) is 6.02. The van der Waals surface area contributed by atoms with Crippen LogP contribution in [-0.4, -0.2) is 25.2 Å². The van der Waals surface area contributed by atoms with Crippen molar-refractivity contribution in [1.29, 1.82) is 0 Å². The molecule has 2 nitrogen and oxygen atoms in total. The van der Waals surface area contributed by atoms with Gasteiger partial charge in [0, 0.05) is 17.5 Å². The number of hydrogen-bond donors (Lipinski definition) is 2. The van der Waals surface area contributed by atoms with Gasteiger partial charge in [0.15, 0.2) is 0 Å². The van der Waals surface area contributed by atoms with Crippen LogP contribution in [0.2, 0.25) is 0 Å². The molecule has 108 valence electrons. The minimum atomic E-state index is 0.193. The van der Waals surface area contributed by atoms with E-state index in [9.17, 15) is 0 Å². The molecule has 0 saturated heterocycles. The zero-order chi connectivity index (χ0) is 14.4. The summed E-state index contributed by atoms with van der Waals surface area (Å²) in [5.41, 5.74) is 1.82. The summed E-state index contributed by atoms with van der Waals surface area (Å²) in [6.45, 7) is 14.4. The predicted octanol–water partition coefficient (Wildman–Crippen LogP) is 3.33. The Morgan fingerprint density at radius 3 is 2.11 bits per heavy atom. The summed E-state index contributed by atoms with van der Waals surface area (Å²) in [5, 5.41) is 7.08. The van der Waals surface area contributed by atoms with Crippen LogP contribution in [0.15, 0.2) is 30.3 Å². The van der Waals surface area contributed by atoms with Crippen molar-refractivity contribution in [2.75, 3.05) is 19.6 Å². The Bertz CT molecular complexity index is 349. The third-order valence-corrected chi connectivity index (χ3v) is 3.31. The Hall–Kier alpha value is -0.860. The second-order valence-electron chi connectivity index (χ2n) is 6.96. The van der Waals surface area contributed by atoms with Gasteiger partial charge >= 0.3 is 0 Å². The quantitative estimate of drug-likeness (QED) is 0.737. The van der Waals surface area contributed by atoms with Crippen molar-refractivity contribution in [3.05, 3.63) is 35.9 Å². The molecule has 0 unspecified atom stereocenters. The Morgan fingerprint density at radius 1 is 0.895 bits per heavy atom. The minimum Gasteiger partial charge on any atom is -0.316 e. The molecule has 0 heterocycles. The average molecular weight is 262 g/mol. The van der Waals surface area contributed by atoms with Crippen molar-refractivity contribution < 1.29 is 0 Å². The standard InChI is InChI=1S/C17H30N2/c1-16(2,3)19-13-9-12-18-14-17(4,5)15-10-7-6-8-11-15/h6-8,10-11,18-19H,9,12-14H2,1-5H3. The summed E-state index contributed by atoms with van der Waals surface area (Å²) in [6.07, 6.45) is 1.17. The normalized spacial score (nSPS) is 12.7. The predicted molar refractivity (Wildman–Crippen MR) is 84.7 cm³/mol. The summed E-state index contributed by atoms with van der Waals surface area (Å²) in [4.78, 5) is 0. The van der Waals surface area contributed by atoms with Gasteiger partial charge in [-0.3, -0.25) is 0 Å². The fourth-order valence-electron chi connectivity index (χ4n) is 2.07. The number of nitrogens with one attached hydrogen (secondary N) is 2. The first-order chi connectivity index (χ1) is 8.81. The Morgan fingerprint density at radius 2 is 1.53 bits per heavy atom. The van der Waals surface area contributed by atoms with E-state index in [4.69, 9.17) is 0 Å². The van der Waals surface area contributed by atoms with E-state index in [0.29, 0.717) is 0 Å². The molecule has 0 radical (unpaired) electrons. The summed E-state index contributed by atoms with van der Waals surface area (Å²) >= 11 is 0. The van der Waals surface area contributed by atoms with E-state index >= 15 is 0 Å². The van der Waals surface area contributed by atoms with E-state index in [1.165, 1.54) is 12.0 Å². The van der Waals surface area contributed by atoms with Gasteiger partial charge in [0.25, 0.3) is 0 Å². The molecule has 0 aromatic heterocycles. The summed E-state index contributed by atoms with van der Waals surface area (Å²) in [6, 6.07) is 10.7. The van der Waals surface area contributed by atoms with Gasteiger partial charge in [0.05, 0.1) is 0 Å². The highest BCUT2D eigenvalue weighted by atomic mass is 14.9. The van der Waals surface area contributed by atoms with Gasteiger partial charge in [-0.1, -0.05) is 44.2 Å². The molecule has 0 aliphatic heterocycles. The SMILES string of the molecule is CC(C)(C)NCCCNCC(C)(C)c1ccccc1. The molecule has 19 heavy (non-hydrogen) atoms. The van der Waals surface area contributed by atoms with Gasteiger partial charge in [0.2, 0.25) is 0 Å². The molecule has 0 saturated carbocycles. The lowest BCUT2D eigenvalue weighted by Gasteiger charge is -2.26. The maximum absolute atomic E-state index is 3.57. The molecule has 0 bridgehead atoms. The smallest absolute Gasteiger partial charge is 0.00965 e. The molecule has 0 atom stereocenters. The monoisotopic (exact) mass is 262 g/mol. The van der Waals surface area contributed by atoms with Crippen LogP contribution in [-0.2, 0) is 5.41 Å². The van der Waals surface area contributed by atoms with E-state index in [0.717, 1.165) is 19.6 Å². The summed E-state index contributed by atoms with van der Waals surface area (Å²) < 4.78 is 0. The summed E-state index contributed by atoms with van der Waals surface area (Å²) in [7, 11) is 0. The van der Waals surface area contributed by atoms with Gasteiger partial charge in [-0.2, -0.15) is 0 Å². The Balaban J connectivity index is 2.22. The molecular formula is C17H30N2. The van der Waals surface area contributed by atoms with Crippen LogP contribution in [0.4, 0.5) is 0 Å². The molecule has 1 aromatic carbocycles. The molecule has 0 spiro atoms.